The zero-order chi connectivity index (χ0) is 25.2. The minimum absolute atomic E-state index is 0.314. The molecule has 0 radical (unpaired) electrons. The van der Waals surface area contributed by atoms with Crippen LogP contribution in [0.15, 0.2) is 142 Å². The molecular weight excluding hydrogens is 513 g/mol. The van der Waals surface area contributed by atoms with E-state index in [1.807, 2.05) is 83.6 Å². The van der Waals surface area contributed by atoms with Crippen LogP contribution in [-0.4, -0.2) is 8.42 Å². The van der Waals surface area contributed by atoms with Gasteiger partial charge in [0.25, 0.3) is 0 Å². The second-order valence-corrected chi connectivity index (χ2v) is 12.3. The van der Waals surface area contributed by atoms with Crippen molar-refractivity contribution in [1.82, 2.24) is 0 Å². The Hall–Kier alpha value is -3.77. The zero-order valence-electron chi connectivity index (χ0n) is 19.7. The van der Waals surface area contributed by atoms with Gasteiger partial charge in [-0.3, -0.25) is 0 Å². The highest BCUT2D eigenvalue weighted by Gasteiger charge is 2.27. The normalized spacial score (nSPS) is 11.5. The first kappa shape index (κ1) is 23.6. The van der Waals surface area contributed by atoms with Gasteiger partial charge >= 0.3 is 0 Å². The summed E-state index contributed by atoms with van der Waals surface area (Å²) in [5, 5.41) is 4.04. The summed E-state index contributed by atoms with van der Waals surface area (Å²) in [4.78, 5) is 2.74. The second kappa shape index (κ2) is 9.94. The number of benzene rings is 4. The number of thiophene rings is 2. The van der Waals surface area contributed by atoms with E-state index >= 15 is 0 Å². The molecule has 6 rings (SSSR count). The predicted molar refractivity (Wildman–Crippen MR) is 156 cm³/mol. The summed E-state index contributed by atoms with van der Waals surface area (Å²) in [6.07, 6.45) is 0. The van der Waals surface area contributed by atoms with Crippen molar-refractivity contribution in [1.29, 1.82) is 0 Å². The van der Waals surface area contributed by atoms with Crippen LogP contribution in [0.1, 0.15) is 0 Å². The number of hydrogen-bond donors (Lipinski definition) is 0. The minimum atomic E-state index is -3.84. The molecule has 0 spiro atoms. The fourth-order valence-corrected chi connectivity index (χ4v) is 8.16. The van der Waals surface area contributed by atoms with Gasteiger partial charge in [-0.05, 0) is 46.2 Å². The van der Waals surface area contributed by atoms with E-state index in [4.69, 9.17) is 0 Å². The standard InChI is InChI=1S/C32H22O2S3/c33-37(34,29-17-9-7-15-25(29)27-19-21-35-31(27)23-11-3-1-4-12-23)30-18-10-8-16-26(30)28-20-22-36-32(28)24-13-5-2-6-14-24/h1-22H. The number of rotatable bonds is 6. The van der Waals surface area contributed by atoms with Crippen LogP contribution in [0.25, 0.3) is 43.1 Å². The Morgan fingerprint density at radius 1 is 0.405 bits per heavy atom. The molecule has 0 unspecified atom stereocenters. The lowest BCUT2D eigenvalue weighted by molar-refractivity contribution is 0.596. The largest absolute Gasteiger partial charge is 0.218 e. The summed E-state index contributed by atoms with van der Waals surface area (Å²) >= 11 is 3.24. The van der Waals surface area contributed by atoms with Crippen LogP contribution in [0, 0.1) is 0 Å². The molecule has 0 atom stereocenters. The van der Waals surface area contributed by atoms with Gasteiger partial charge in [-0.15, -0.1) is 22.7 Å². The van der Waals surface area contributed by atoms with Crippen LogP contribution in [0.2, 0.25) is 0 Å². The van der Waals surface area contributed by atoms with Gasteiger partial charge in [0, 0.05) is 32.0 Å². The quantitative estimate of drug-likeness (QED) is 0.213. The van der Waals surface area contributed by atoms with Crippen molar-refractivity contribution in [2.45, 2.75) is 9.79 Å². The molecule has 0 N–H and O–H groups in total. The number of sulfone groups is 1. The monoisotopic (exact) mass is 534 g/mol. The summed E-state index contributed by atoms with van der Waals surface area (Å²) < 4.78 is 28.7. The third kappa shape index (κ3) is 4.36. The van der Waals surface area contributed by atoms with Crippen molar-refractivity contribution in [3.8, 4) is 43.1 Å². The third-order valence-corrected chi connectivity index (χ3v) is 10.1. The van der Waals surface area contributed by atoms with E-state index in [0.717, 1.165) is 32.0 Å². The van der Waals surface area contributed by atoms with Crippen LogP contribution < -0.4 is 0 Å². The highest BCUT2D eigenvalue weighted by molar-refractivity contribution is 7.91. The van der Waals surface area contributed by atoms with Gasteiger partial charge in [0.05, 0.1) is 9.79 Å². The van der Waals surface area contributed by atoms with Gasteiger partial charge in [0.1, 0.15) is 0 Å². The molecule has 0 bridgehead atoms. The van der Waals surface area contributed by atoms with Crippen molar-refractivity contribution in [2.75, 3.05) is 0 Å². The first-order valence-electron chi connectivity index (χ1n) is 11.8. The summed E-state index contributed by atoms with van der Waals surface area (Å²) in [5.41, 5.74) is 5.43. The molecule has 5 heteroatoms. The topological polar surface area (TPSA) is 34.1 Å². The lowest BCUT2D eigenvalue weighted by Gasteiger charge is -2.15. The summed E-state index contributed by atoms with van der Waals surface area (Å²) in [5.74, 6) is 0. The third-order valence-electron chi connectivity index (χ3n) is 6.34. The van der Waals surface area contributed by atoms with Gasteiger partial charge in [0.2, 0.25) is 9.84 Å². The molecule has 2 aromatic heterocycles. The molecule has 0 saturated carbocycles. The molecule has 0 amide bonds. The van der Waals surface area contributed by atoms with E-state index in [1.54, 1.807) is 46.9 Å². The first-order chi connectivity index (χ1) is 18.1. The minimum Gasteiger partial charge on any atom is -0.218 e. The van der Waals surface area contributed by atoms with Crippen LogP contribution in [0.5, 0.6) is 0 Å². The van der Waals surface area contributed by atoms with Crippen molar-refractivity contribution in [3.63, 3.8) is 0 Å². The Kier molecular flexibility index (Phi) is 6.35. The van der Waals surface area contributed by atoms with Crippen LogP contribution >= 0.6 is 22.7 Å². The Bertz CT molecular complexity index is 1650. The van der Waals surface area contributed by atoms with E-state index in [-0.39, 0.29) is 0 Å². The average Bonchev–Trinajstić information content (AvgIpc) is 3.65. The predicted octanol–water partition coefficient (Wildman–Crippen LogP) is 9.31. The summed E-state index contributed by atoms with van der Waals surface area (Å²) in [7, 11) is -3.84. The van der Waals surface area contributed by atoms with Crippen molar-refractivity contribution in [3.05, 3.63) is 132 Å². The lowest BCUT2D eigenvalue weighted by Crippen LogP contribution is -2.06. The molecule has 0 saturated heterocycles. The molecule has 37 heavy (non-hydrogen) atoms. The first-order valence-corrected chi connectivity index (χ1v) is 15.1. The molecule has 2 nitrogen and oxygen atoms in total. The molecular formula is C32H22O2S3. The maximum absolute atomic E-state index is 14.4. The molecule has 0 aliphatic heterocycles. The van der Waals surface area contributed by atoms with Crippen molar-refractivity contribution >= 4 is 32.5 Å². The van der Waals surface area contributed by atoms with E-state index in [1.165, 1.54) is 0 Å². The average molecular weight is 535 g/mol. The molecule has 2 heterocycles. The SMILES string of the molecule is O=S(=O)(c1ccccc1-c1ccsc1-c1ccccc1)c1ccccc1-c1ccsc1-c1ccccc1. The zero-order valence-corrected chi connectivity index (χ0v) is 22.2. The Morgan fingerprint density at radius 2 is 0.784 bits per heavy atom. The van der Waals surface area contributed by atoms with Crippen LogP contribution in [-0.2, 0) is 9.84 Å². The molecule has 0 aliphatic carbocycles. The molecule has 0 aliphatic rings. The van der Waals surface area contributed by atoms with Crippen molar-refractivity contribution in [2.24, 2.45) is 0 Å². The molecule has 4 aromatic carbocycles. The Labute approximate surface area is 225 Å². The van der Waals surface area contributed by atoms with Gasteiger partial charge in [0.15, 0.2) is 0 Å². The highest BCUT2D eigenvalue weighted by atomic mass is 32.2. The Balaban J connectivity index is 1.52. The number of hydrogen-bond acceptors (Lipinski definition) is 4. The van der Waals surface area contributed by atoms with Gasteiger partial charge in [-0.25, -0.2) is 8.42 Å². The van der Waals surface area contributed by atoms with E-state index in [0.29, 0.717) is 20.9 Å². The van der Waals surface area contributed by atoms with Gasteiger partial charge < -0.3 is 0 Å². The van der Waals surface area contributed by atoms with E-state index < -0.39 is 9.84 Å². The van der Waals surface area contributed by atoms with Gasteiger partial charge in [-0.1, -0.05) is 97.1 Å². The van der Waals surface area contributed by atoms with Crippen LogP contribution in [0.4, 0.5) is 0 Å². The highest BCUT2D eigenvalue weighted by Crippen LogP contribution is 2.44. The van der Waals surface area contributed by atoms with Gasteiger partial charge in [-0.2, -0.15) is 0 Å². The molecule has 6 aromatic rings. The summed E-state index contributed by atoms with van der Waals surface area (Å²) in [6, 6.07) is 38.9. The Morgan fingerprint density at radius 3 is 1.22 bits per heavy atom. The fourth-order valence-electron chi connectivity index (χ4n) is 4.63. The smallest absolute Gasteiger partial charge is 0.207 e. The second-order valence-electron chi connectivity index (χ2n) is 8.55. The lowest BCUT2D eigenvalue weighted by atomic mass is 10.0. The maximum Gasteiger partial charge on any atom is 0.207 e. The van der Waals surface area contributed by atoms with E-state index in [9.17, 15) is 8.42 Å². The van der Waals surface area contributed by atoms with Crippen LogP contribution in [0.3, 0.4) is 0 Å². The maximum atomic E-state index is 14.4. The summed E-state index contributed by atoms with van der Waals surface area (Å²) in [6.45, 7) is 0. The van der Waals surface area contributed by atoms with Crippen molar-refractivity contribution < 1.29 is 8.42 Å². The molecule has 0 fully saturated rings. The van der Waals surface area contributed by atoms with E-state index in [2.05, 4.69) is 24.3 Å². The molecule has 180 valence electrons. The fraction of sp³-hybridized carbons (Fsp3) is 0.